The number of hydrogen-bond acceptors (Lipinski definition) is 5. The van der Waals surface area contributed by atoms with Gasteiger partial charge < -0.3 is 10.1 Å². The summed E-state index contributed by atoms with van der Waals surface area (Å²) in [5.41, 5.74) is 0. The average Bonchev–Trinajstić information content (AvgIpc) is 2.83. The summed E-state index contributed by atoms with van der Waals surface area (Å²) in [6, 6.07) is 0.295. The predicted molar refractivity (Wildman–Crippen MR) is 76.6 cm³/mol. The summed E-state index contributed by atoms with van der Waals surface area (Å²) >= 11 is 3.44. The summed E-state index contributed by atoms with van der Waals surface area (Å²) in [7, 11) is 0. The summed E-state index contributed by atoms with van der Waals surface area (Å²) < 4.78 is 8.24. The van der Waals surface area contributed by atoms with E-state index in [2.05, 4.69) is 50.2 Å². The van der Waals surface area contributed by atoms with Crippen LogP contribution in [0.5, 0.6) is 11.6 Å². The van der Waals surface area contributed by atoms with Crippen molar-refractivity contribution >= 4 is 21.7 Å². The Kier molecular flexibility index (Phi) is 4.36. The lowest BCUT2D eigenvalue weighted by Gasteiger charge is -2.08. The molecule has 0 bridgehead atoms. The first kappa shape index (κ1) is 13.8. The highest BCUT2D eigenvalue weighted by Crippen LogP contribution is 2.31. The normalized spacial score (nSPS) is 10.8. The van der Waals surface area contributed by atoms with E-state index in [0.717, 1.165) is 6.54 Å². The Balaban J connectivity index is 2.20. The van der Waals surface area contributed by atoms with E-state index in [1.54, 1.807) is 6.20 Å². The zero-order chi connectivity index (χ0) is 13.8. The van der Waals surface area contributed by atoms with Gasteiger partial charge in [0.2, 0.25) is 5.88 Å². The highest BCUT2D eigenvalue weighted by atomic mass is 79.9. The Labute approximate surface area is 120 Å². The lowest BCUT2D eigenvalue weighted by molar-refractivity contribution is 0.455. The lowest BCUT2D eigenvalue weighted by atomic mass is 10.4. The van der Waals surface area contributed by atoms with Crippen LogP contribution in [0.2, 0.25) is 0 Å². The van der Waals surface area contributed by atoms with Crippen LogP contribution in [0.25, 0.3) is 0 Å². The minimum Gasteiger partial charge on any atom is -0.434 e. The number of hydrogen-bond donors (Lipinski definition) is 1. The van der Waals surface area contributed by atoms with Crippen molar-refractivity contribution in [3.8, 4) is 11.6 Å². The molecule has 2 heterocycles. The van der Waals surface area contributed by atoms with E-state index in [-0.39, 0.29) is 0 Å². The number of halogens is 1. The van der Waals surface area contributed by atoms with Crippen molar-refractivity contribution < 1.29 is 4.74 Å². The van der Waals surface area contributed by atoms with Crippen molar-refractivity contribution in [2.24, 2.45) is 0 Å². The maximum Gasteiger partial charge on any atom is 0.239 e. The summed E-state index contributed by atoms with van der Waals surface area (Å²) in [6.45, 7) is 6.89. The third-order valence-corrected chi connectivity index (χ3v) is 3.14. The van der Waals surface area contributed by atoms with Gasteiger partial charge in [-0.05, 0) is 36.7 Å². The molecule has 2 rings (SSSR count). The van der Waals surface area contributed by atoms with Crippen LogP contribution in [0.3, 0.4) is 0 Å². The Morgan fingerprint density at radius 3 is 2.84 bits per heavy atom. The van der Waals surface area contributed by atoms with Gasteiger partial charge >= 0.3 is 0 Å². The Bertz CT molecular complexity index is 555. The molecule has 0 aromatic carbocycles. The van der Waals surface area contributed by atoms with Gasteiger partial charge in [-0.25, -0.2) is 9.97 Å². The molecule has 0 aliphatic carbocycles. The fourth-order valence-electron chi connectivity index (χ4n) is 1.48. The Morgan fingerprint density at radius 1 is 1.42 bits per heavy atom. The molecule has 102 valence electrons. The number of rotatable bonds is 5. The third kappa shape index (κ3) is 3.23. The number of anilines is 1. The second-order valence-corrected chi connectivity index (χ2v) is 5.02. The van der Waals surface area contributed by atoms with Gasteiger partial charge in [0.1, 0.15) is 16.6 Å². The Morgan fingerprint density at radius 2 is 2.21 bits per heavy atom. The van der Waals surface area contributed by atoms with Crippen LogP contribution >= 0.6 is 15.9 Å². The maximum atomic E-state index is 5.71. The van der Waals surface area contributed by atoms with Gasteiger partial charge in [0.25, 0.3) is 0 Å². The molecular weight excluding hydrogens is 310 g/mol. The van der Waals surface area contributed by atoms with Gasteiger partial charge in [0.15, 0.2) is 5.75 Å². The van der Waals surface area contributed by atoms with Gasteiger partial charge in [-0.3, -0.25) is 4.68 Å². The molecule has 6 nitrogen and oxygen atoms in total. The first-order valence-corrected chi connectivity index (χ1v) is 6.87. The Hall–Kier alpha value is -1.63. The van der Waals surface area contributed by atoms with Crippen LogP contribution < -0.4 is 10.1 Å². The molecule has 2 aromatic rings. The van der Waals surface area contributed by atoms with Crippen LogP contribution in [0.15, 0.2) is 23.2 Å². The third-order valence-electron chi connectivity index (χ3n) is 2.42. The predicted octanol–water partition coefficient (Wildman–Crippen LogP) is 3.24. The van der Waals surface area contributed by atoms with E-state index in [1.807, 2.05) is 17.8 Å². The molecule has 0 saturated carbocycles. The molecule has 0 aliphatic heterocycles. The fraction of sp³-hybridized carbons (Fsp3) is 0.417. The SMILES string of the molecule is CCNc1ncnc(Oc2cnn(C(C)C)c2)c1Br. The van der Waals surface area contributed by atoms with E-state index >= 15 is 0 Å². The largest absolute Gasteiger partial charge is 0.434 e. The van der Waals surface area contributed by atoms with Gasteiger partial charge in [0.05, 0.1) is 12.4 Å². The van der Waals surface area contributed by atoms with Gasteiger partial charge in [-0.2, -0.15) is 5.10 Å². The van der Waals surface area contributed by atoms with Crippen molar-refractivity contribution in [2.45, 2.75) is 26.8 Å². The highest BCUT2D eigenvalue weighted by molar-refractivity contribution is 9.10. The fourth-order valence-corrected chi connectivity index (χ4v) is 1.91. The van der Waals surface area contributed by atoms with Crippen LogP contribution in [-0.2, 0) is 0 Å². The molecule has 0 saturated heterocycles. The molecule has 0 radical (unpaired) electrons. The van der Waals surface area contributed by atoms with Crippen LogP contribution in [0.4, 0.5) is 5.82 Å². The maximum absolute atomic E-state index is 5.71. The van der Waals surface area contributed by atoms with Gasteiger partial charge in [0, 0.05) is 12.6 Å². The minimum absolute atomic E-state index is 0.295. The number of ether oxygens (including phenoxy) is 1. The van der Waals surface area contributed by atoms with E-state index in [9.17, 15) is 0 Å². The molecule has 0 atom stereocenters. The summed E-state index contributed by atoms with van der Waals surface area (Å²) in [5, 5.41) is 7.34. The van der Waals surface area contributed by atoms with Crippen LogP contribution in [-0.4, -0.2) is 26.3 Å². The van der Waals surface area contributed by atoms with E-state index in [1.165, 1.54) is 6.33 Å². The monoisotopic (exact) mass is 325 g/mol. The summed E-state index contributed by atoms with van der Waals surface area (Å²) in [5.74, 6) is 1.83. The smallest absolute Gasteiger partial charge is 0.239 e. The van der Waals surface area contributed by atoms with Gasteiger partial charge in [-0.1, -0.05) is 0 Å². The first-order valence-electron chi connectivity index (χ1n) is 6.08. The lowest BCUT2D eigenvalue weighted by Crippen LogP contribution is -2.02. The molecule has 0 aliphatic rings. The molecule has 19 heavy (non-hydrogen) atoms. The quantitative estimate of drug-likeness (QED) is 0.914. The standard InChI is InChI=1S/C12H16BrN5O/c1-4-14-11-10(13)12(16-7-15-11)19-9-5-17-18(6-9)8(2)3/h5-8H,4H2,1-3H3,(H,14,15,16). The summed E-state index contributed by atoms with van der Waals surface area (Å²) in [6.07, 6.45) is 4.97. The number of nitrogens with zero attached hydrogens (tertiary/aromatic N) is 4. The highest BCUT2D eigenvalue weighted by Gasteiger charge is 2.11. The first-order chi connectivity index (χ1) is 9.11. The topological polar surface area (TPSA) is 64.9 Å². The van der Waals surface area contributed by atoms with Crippen molar-refractivity contribution in [1.29, 1.82) is 0 Å². The van der Waals surface area contributed by atoms with Crippen molar-refractivity contribution in [2.75, 3.05) is 11.9 Å². The second kappa shape index (κ2) is 6.01. The molecule has 0 fully saturated rings. The zero-order valence-electron chi connectivity index (χ0n) is 11.1. The van der Waals surface area contributed by atoms with Crippen LogP contribution in [0.1, 0.15) is 26.8 Å². The molecule has 0 amide bonds. The van der Waals surface area contributed by atoms with E-state index in [4.69, 9.17) is 4.74 Å². The summed E-state index contributed by atoms with van der Waals surface area (Å²) in [4.78, 5) is 8.25. The molecule has 0 spiro atoms. The van der Waals surface area contributed by atoms with Crippen molar-refractivity contribution in [3.63, 3.8) is 0 Å². The molecule has 0 unspecified atom stereocenters. The number of nitrogens with one attached hydrogen (secondary N) is 1. The van der Waals surface area contributed by atoms with E-state index in [0.29, 0.717) is 28.0 Å². The van der Waals surface area contributed by atoms with Crippen molar-refractivity contribution in [1.82, 2.24) is 19.7 Å². The molecule has 7 heteroatoms. The van der Waals surface area contributed by atoms with E-state index < -0.39 is 0 Å². The van der Waals surface area contributed by atoms with Crippen molar-refractivity contribution in [3.05, 3.63) is 23.2 Å². The van der Waals surface area contributed by atoms with Crippen LogP contribution in [0, 0.1) is 0 Å². The molecule has 2 aromatic heterocycles. The molecule has 1 N–H and O–H groups in total. The second-order valence-electron chi connectivity index (χ2n) is 4.22. The van der Waals surface area contributed by atoms with Gasteiger partial charge in [-0.15, -0.1) is 0 Å². The minimum atomic E-state index is 0.295. The number of aromatic nitrogens is 4. The molecular formula is C12H16BrN5O. The zero-order valence-corrected chi connectivity index (χ0v) is 12.7. The average molecular weight is 326 g/mol.